The van der Waals surface area contributed by atoms with E-state index in [0.717, 1.165) is 18.5 Å². The highest BCUT2D eigenvalue weighted by Gasteiger charge is 2.23. The number of hydrogen-bond donors (Lipinski definition) is 1. The normalized spacial score (nSPS) is 14.3. The first-order chi connectivity index (χ1) is 14.3. The number of rotatable bonds is 3. The van der Waals surface area contributed by atoms with E-state index >= 15 is 0 Å². The van der Waals surface area contributed by atoms with Gasteiger partial charge in [-0.3, -0.25) is 5.32 Å². The maximum absolute atomic E-state index is 12.7. The van der Waals surface area contributed by atoms with Crippen molar-refractivity contribution >= 4 is 39.2 Å². The van der Waals surface area contributed by atoms with Gasteiger partial charge in [0.05, 0.1) is 10.4 Å². The van der Waals surface area contributed by atoms with Crippen molar-refractivity contribution in [3.05, 3.63) is 66.0 Å². The fraction of sp³-hybridized carbons (Fsp3) is 0.182. The van der Waals surface area contributed by atoms with Crippen molar-refractivity contribution in [3.8, 4) is 11.1 Å². The van der Waals surface area contributed by atoms with E-state index < -0.39 is 0 Å². The predicted molar refractivity (Wildman–Crippen MR) is 117 cm³/mol. The first kappa shape index (κ1) is 17.8. The van der Waals surface area contributed by atoms with Gasteiger partial charge in [0.2, 0.25) is 0 Å². The molecule has 0 radical (unpaired) electrons. The van der Waals surface area contributed by atoms with Gasteiger partial charge in [-0.25, -0.2) is 4.79 Å². The van der Waals surface area contributed by atoms with Crippen molar-refractivity contribution in [2.45, 2.75) is 0 Å². The Labute approximate surface area is 172 Å². The monoisotopic (exact) mass is 404 g/mol. The maximum atomic E-state index is 12.7. The van der Waals surface area contributed by atoms with Crippen molar-refractivity contribution in [2.75, 3.05) is 36.4 Å². The number of carbonyl (C=O) groups excluding carboxylic acids is 1. The number of urea groups is 1. The molecule has 1 fully saturated rings. The number of nitrogens with one attached hydrogen (secondary N) is 1. The zero-order valence-corrected chi connectivity index (χ0v) is 16.6. The van der Waals surface area contributed by atoms with E-state index in [4.69, 9.17) is 4.52 Å². The van der Waals surface area contributed by atoms with Crippen LogP contribution in [0.4, 0.5) is 15.6 Å². The van der Waals surface area contributed by atoms with Crippen LogP contribution in [-0.4, -0.2) is 42.3 Å². The molecule has 1 aliphatic heterocycles. The van der Waals surface area contributed by atoms with Crippen LogP contribution in [0.1, 0.15) is 0 Å². The number of carbonyl (C=O) groups is 1. The van der Waals surface area contributed by atoms with Gasteiger partial charge in [0, 0.05) is 31.6 Å². The minimum absolute atomic E-state index is 0.139. The SMILES string of the molecule is O=C(Nc1noc2ccccc12)N1CCN(c2cc(-c3ccccc3)cs2)CC1. The molecular weight excluding hydrogens is 384 g/mol. The summed E-state index contributed by atoms with van der Waals surface area (Å²) in [5, 5.41) is 11.1. The molecule has 0 atom stereocenters. The van der Waals surface area contributed by atoms with Crippen LogP contribution in [0.5, 0.6) is 0 Å². The number of benzene rings is 2. The summed E-state index contributed by atoms with van der Waals surface area (Å²) in [6.07, 6.45) is 0. The molecule has 2 aromatic carbocycles. The summed E-state index contributed by atoms with van der Waals surface area (Å²) in [7, 11) is 0. The van der Waals surface area contributed by atoms with Crippen molar-refractivity contribution in [3.63, 3.8) is 0 Å². The second kappa shape index (κ2) is 7.60. The van der Waals surface area contributed by atoms with E-state index in [1.54, 1.807) is 11.3 Å². The van der Waals surface area contributed by atoms with Crippen LogP contribution >= 0.6 is 11.3 Å². The van der Waals surface area contributed by atoms with Gasteiger partial charge in [0.15, 0.2) is 11.4 Å². The number of thiophene rings is 1. The van der Waals surface area contributed by atoms with Gasteiger partial charge in [0.25, 0.3) is 0 Å². The molecule has 0 aliphatic carbocycles. The number of aromatic nitrogens is 1. The fourth-order valence-electron chi connectivity index (χ4n) is 3.56. The highest BCUT2D eigenvalue weighted by molar-refractivity contribution is 7.14. The third-order valence-electron chi connectivity index (χ3n) is 5.17. The Morgan fingerprint density at radius 1 is 0.966 bits per heavy atom. The second-order valence-corrected chi connectivity index (χ2v) is 7.86. The Morgan fingerprint density at radius 3 is 2.55 bits per heavy atom. The quantitative estimate of drug-likeness (QED) is 0.527. The average molecular weight is 404 g/mol. The lowest BCUT2D eigenvalue weighted by Crippen LogP contribution is -2.50. The van der Waals surface area contributed by atoms with Crippen LogP contribution in [0.2, 0.25) is 0 Å². The third-order valence-corrected chi connectivity index (χ3v) is 6.16. The van der Waals surface area contributed by atoms with E-state index in [-0.39, 0.29) is 6.03 Å². The minimum atomic E-state index is -0.139. The maximum Gasteiger partial charge on any atom is 0.323 e. The summed E-state index contributed by atoms with van der Waals surface area (Å²) in [6.45, 7) is 2.95. The highest BCUT2D eigenvalue weighted by atomic mass is 32.1. The molecule has 6 nitrogen and oxygen atoms in total. The Kier molecular flexibility index (Phi) is 4.65. The molecule has 29 heavy (non-hydrogen) atoms. The molecule has 1 N–H and O–H groups in total. The molecule has 146 valence electrons. The van der Waals surface area contributed by atoms with Crippen molar-refractivity contribution < 1.29 is 9.32 Å². The lowest BCUT2D eigenvalue weighted by Gasteiger charge is -2.35. The first-order valence-electron chi connectivity index (χ1n) is 9.57. The average Bonchev–Trinajstić information content (AvgIpc) is 3.43. The van der Waals surface area contributed by atoms with Crippen LogP contribution in [-0.2, 0) is 0 Å². The van der Waals surface area contributed by atoms with E-state index in [1.165, 1.54) is 16.1 Å². The van der Waals surface area contributed by atoms with Gasteiger partial charge in [-0.2, -0.15) is 0 Å². The van der Waals surface area contributed by atoms with Gasteiger partial charge >= 0.3 is 6.03 Å². The molecule has 5 rings (SSSR count). The lowest BCUT2D eigenvalue weighted by molar-refractivity contribution is 0.208. The molecule has 0 bridgehead atoms. The summed E-state index contributed by atoms with van der Waals surface area (Å²) in [5.74, 6) is 0.471. The van der Waals surface area contributed by atoms with E-state index in [2.05, 4.69) is 51.1 Å². The Bertz CT molecular complexity index is 1130. The topological polar surface area (TPSA) is 61.6 Å². The molecule has 2 amide bonds. The summed E-state index contributed by atoms with van der Waals surface area (Å²) >= 11 is 1.75. The minimum Gasteiger partial charge on any atom is -0.360 e. The smallest absolute Gasteiger partial charge is 0.323 e. The number of hydrogen-bond acceptors (Lipinski definition) is 5. The Morgan fingerprint density at radius 2 is 1.72 bits per heavy atom. The zero-order chi connectivity index (χ0) is 19.6. The summed E-state index contributed by atoms with van der Waals surface area (Å²) in [4.78, 5) is 16.8. The molecule has 2 aromatic heterocycles. The molecule has 0 saturated carbocycles. The Balaban J connectivity index is 1.21. The van der Waals surface area contributed by atoms with Crippen molar-refractivity contribution in [2.24, 2.45) is 0 Å². The molecule has 0 unspecified atom stereocenters. The van der Waals surface area contributed by atoms with Gasteiger partial charge in [-0.05, 0) is 29.3 Å². The molecule has 4 aromatic rings. The first-order valence-corrected chi connectivity index (χ1v) is 10.5. The fourth-order valence-corrected chi connectivity index (χ4v) is 4.54. The number of piperazine rings is 1. The van der Waals surface area contributed by atoms with Crippen LogP contribution in [0.15, 0.2) is 70.6 Å². The van der Waals surface area contributed by atoms with Gasteiger partial charge < -0.3 is 14.3 Å². The zero-order valence-electron chi connectivity index (χ0n) is 15.7. The third kappa shape index (κ3) is 3.56. The largest absolute Gasteiger partial charge is 0.360 e. The number of anilines is 2. The Hall–Kier alpha value is -3.32. The van der Waals surface area contributed by atoms with E-state index in [0.29, 0.717) is 24.5 Å². The number of fused-ring (bicyclic) bond motifs is 1. The summed E-state index contributed by atoms with van der Waals surface area (Å²) in [5.41, 5.74) is 3.14. The molecule has 0 spiro atoms. The second-order valence-electron chi connectivity index (χ2n) is 6.97. The molecule has 7 heteroatoms. The van der Waals surface area contributed by atoms with Gasteiger partial charge in [0.1, 0.15) is 0 Å². The molecule has 3 heterocycles. The van der Waals surface area contributed by atoms with E-state index in [1.807, 2.05) is 35.2 Å². The van der Waals surface area contributed by atoms with Crippen molar-refractivity contribution in [1.82, 2.24) is 10.1 Å². The predicted octanol–water partition coefficient (Wildman–Crippen LogP) is 4.91. The number of amides is 2. The highest BCUT2D eigenvalue weighted by Crippen LogP contribution is 2.32. The lowest BCUT2D eigenvalue weighted by atomic mass is 10.1. The number of nitrogens with zero attached hydrogens (tertiary/aromatic N) is 3. The molecular formula is C22H20N4O2S. The van der Waals surface area contributed by atoms with E-state index in [9.17, 15) is 4.79 Å². The van der Waals surface area contributed by atoms with Crippen LogP contribution in [0.25, 0.3) is 22.1 Å². The van der Waals surface area contributed by atoms with Gasteiger partial charge in [-0.15, -0.1) is 11.3 Å². The standard InChI is InChI=1S/C22H20N4O2S/c27-22(23-21-18-8-4-5-9-19(18)28-24-21)26-12-10-25(11-13-26)20-14-17(15-29-20)16-6-2-1-3-7-16/h1-9,14-15H,10-13H2,(H,23,24,27). The van der Waals surface area contributed by atoms with Gasteiger partial charge in [-0.1, -0.05) is 47.6 Å². The summed E-state index contributed by atoms with van der Waals surface area (Å²) < 4.78 is 5.26. The van der Waals surface area contributed by atoms with Crippen LogP contribution in [0.3, 0.4) is 0 Å². The summed E-state index contributed by atoms with van der Waals surface area (Å²) in [6, 6.07) is 20.0. The number of para-hydroxylation sites is 1. The van der Waals surface area contributed by atoms with Crippen LogP contribution in [0, 0.1) is 0 Å². The molecule has 1 aliphatic rings. The van der Waals surface area contributed by atoms with Crippen LogP contribution < -0.4 is 10.2 Å². The molecule has 1 saturated heterocycles. The van der Waals surface area contributed by atoms with Crippen molar-refractivity contribution in [1.29, 1.82) is 0 Å².